The van der Waals surface area contributed by atoms with Crippen LogP contribution in [0.2, 0.25) is 0 Å². The average Bonchev–Trinajstić information content (AvgIpc) is 3.28. The van der Waals surface area contributed by atoms with Gasteiger partial charge in [0.1, 0.15) is 18.2 Å². The molecule has 0 aliphatic carbocycles. The van der Waals surface area contributed by atoms with Gasteiger partial charge < -0.3 is 19.4 Å². The zero-order chi connectivity index (χ0) is 26.7. The topological polar surface area (TPSA) is 65.4 Å². The fourth-order valence-electron chi connectivity index (χ4n) is 4.46. The highest BCUT2D eigenvalue weighted by Crippen LogP contribution is 2.28. The average molecular weight is 516 g/mol. The van der Waals surface area contributed by atoms with Gasteiger partial charge in [0, 0.05) is 13.0 Å². The second kappa shape index (κ2) is 13.4. The zero-order valence-corrected chi connectivity index (χ0v) is 21.8. The summed E-state index contributed by atoms with van der Waals surface area (Å²) in [6, 6.07) is 20.1. The van der Waals surface area contributed by atoms with Crippen molar-refractivity contribution in [2.75, 3.05) is 20.3 Å². The first-order valence-corrected chi connectivity index (χ1v) is 13.0. The maximum Gasteiger partial charge on any atom is 0.254 e. The number of halogens is 1. The van der Waals surface area contributed by atoms with Crippen LogP contribution in [0.4, 0.5) is 4.39 Å². The molecule has 0 saturated carbocycles. The van der Waals surface area contributed by atoms with Gasteiger partial charge in [-0.1, -0.05) is 42.8 Å². The van der Waals surface area contributed by atoms with Crippen LogP contribution >= 0.6 is 0 Å². The van der Waals surface area contributed by atoms with Crippen LogP contribution in [-0.4, -0.2) is 35.7 Å². The van der Waals surface area contributed by atoms with Crippen molar-refractivity contribution < 1.29 is 18.7 Å². The van der Waals surface area contributed by atoms with Crippen molar-refractivity contribution in [3.8, 4) is 11.5 Å². The minimum absolute atomic E-state index is 0.0776. The van der Waals surface area contributed by atoms with E-state index in [1.165, 1.54) is 12.1 Å². The molecule has 0 aliphatic heterocycles. The first-order chi connectivity index (χ1) is 18.6. The molecule has 0 atom stereocenters. The van der Waals surface area contributed by atoms with Crippen LogP contribution in [0.25, 0.3) is 11.0 Å². The lowest BCUT2D eigenvalue weighted by Crippen LogP contribution is -2.25. The van der Waals surface area contributed by atoms with E-state index in [-0.39, 0.29) is 11.5 Å². The number of amides is 1. The molecule has 38 heavy (non-hydrogen) atoms. The monoisotopic (exact) mass is 515 g/mol. The van der Waals surface area contributed by atoms with Gasteiger partial charge in [-0.15, -0.1) is 6.58 Å². The number of ether oxygens (including phenoxy) is 2. The van der Waals surface area contributed by atoms with Gasteiger partial charge in [0.25, 0.3) is 5.91 Å². The number of nitrogens with one attached hydrogen (secondary N) is 1. The smallest absolute Gasteiger partial charge is 0.254 e. The largest absolute Gasteiger partial charge is 0.493 e. The van der Waals surface area contributed by atoms with Crippen molar-refractivity contribution in [2.45, 2.75) is 38.6 Å². The van der Waals surface area contributed by atoms with E-state index in [4.69, 9.17) is 14.5 Å². The van der Waals surface area contributed by atoms with Crippen molar-refractivity contribution in [1.29, 1.82) is 0 Å². The molecule has 1 heterocycles. The minimum atomic E-state index is -0.504. The minimum Gasteiger partial charge on any atom is -0.493 e. The lowest BCUT2D eigenvalue weighted by Gasteiger charge is -2.14. The number of nitrogens with zero attached hydrogens (tertiary/aromatic N) is 2. The number of unbranched alkanes of at least 4 members (excludes halogenated alkanes) is 2. The van der Waals surface area contributed by atoms with Crippen molar-refractivity contribution in [1.82, 2.24) is 14.9 Å². The number of aryl methyl sites for hydroxylation is 1. The van der Waals surface area contributed by atoms with Crippen molar-refractivity contribution >= 4 is 16.9 Å². The summed E-state index contributed by atoms with van der Waals surface area (Å²) in [5.41, 5.74) is 3.25. The van der Waals surface area contributed by atoms with E-state index in [0.717, 1.165) is 54.5 Å². The maximum absolute atomic E-state index is 13.8. The van der Waals surface area contributed by atoms with E-state index in [1.54, 1.807) is 19.2 Å². The summed E-state index contributed by atoms with van der Waals surface area (Å²) < 4.78 is 27.6. The lowest BCUT2D eigenvalue weighted by molar-refractivity contribution is 0.0949. The molecule has 0 unspecified atom stereocenters. The summed E-state index contributed by atoms with van der Waals surface area (Å²) in [7, 11) is 1.65. The summed E-state index contributed by atoms with van der Waals surface area (Å²) in [5, 5.41) is 2.80. The van der Waals surface area contributed by atoms with E-state index in [1.807, 2.05) is 42.5 Å². The van der Waals surface area contributed by atoms with E-state index in [2.05, 4.69) is 22.5 Å². The van der Waals surface area contributed by atoms with E-state index >= 15 is 0 Å². The van der Waals surface area contributed by atoms with Crippen LogP contribution in [0.1, 0.15) is 41.0 Å². The molecule has 4 rings (SSSR count). The first-order valence-electron chi connectivity index (χ1n) is 13.0. The second-order valence-electron chi connectivity index (χ2n) is 9.04. The number of carbonyl (C=O) groups excluding carboxylic acids is 1. The Kier molecular flexibility index (Phi) is 9.51. The van der Waals surface area contributed by atoms with Crippen LogP contribution in [0, 0.1) is 5.82 Å². The molecule has 0 fully saturated rings. The Hall–Kier alpha value is -4.13. The standard InChI is InChI=1S/C31H34FN3O3/c1-3-11-23-17-18-28(29(22-23)37-2)38-21-20-35-27-15-9-8-14-26(27)34-30(35)16-5-4-10-19-33-31(36)24-12-6-7-13-25(24)32/h3,6-9,12-15,17-18,22H,1,4-5,10-11,16,19-21H2,2H3,(H,33,36). The van der Waals surface area contributed by atoms with Gasteiger partial charge in [-0.05, 0) is 61.2 Å². The van der Waals surface area contributed by atoms with E-state index < -0.39 is 5.82 Å². The number of benzene rings is 3. The van der Waals surface area contributed by atoms with Gasteiger partial charge >= 0.3 is 0 Å². The van der Waals surface area contributed by atoms with Gasteiger partial charge in [-0.3, -0.25) is 4.79 Å². The van der Waals surface area contributed by atoms with Crippen LogP contribution in [0.5, 0.6) is 11.5 Å². The number of methoxy groups -OCH3 is 1. The summed E-state index contributed by atoms with van der Waals surface area (Å²) in [4.78, 5) is 17.0. The molecule has 0 saturated heterocycles. The normalized spacial score (nSPS) is 10.9. The lowest BCUT2D eigenvalue weighted by atomic mass is 10.1. The molecule has 1 amide bonds. The fraction of sp³-hybridized carbons (Fsp3) is 0.290. The summed E-state index contributed by atoms with van der Waals surface area (Å²) in [6.45, 7) is 5.43. The van der Waals surface area contributed by atoms with E-state index in [0.29, 0.717) is 31.2 Å². The third-order valence-electron chi connectivity index (χ3n) is 6.40. The number of hydrogen-bond acceptors (Lipinski definition) is 4. The Morgan fingerprint density at radius 1 is 1.05 bits per heavy atom. The Morgan fingerprint density at radius 3 is 2.68 bits per heavy atom. The molecule has 3 aromatic carbocycles. The number of fused-ring (bicyclic) bond motifs is 1. The Bertz CT molecular complexity index is 1380. The summed E-state index contributed by atoms with van der Waals surface area (Å²) >= 11 is 0. The molecule has 0 bridgehead atoms. The SMILES string of the molecule is C=CCc1ccc(OCCn2c(CCCCCNC(=O)c3ccccc3F)nc3ccccc32)c(OC)c1. The van der Waals surface area contributed by atoms with Crippen LogP contribution in [-0.2, 0) is 19.4 Å². The number of imidazole rings is 1. The van der Waals surface area contributed by atoms with Crippen LogP contribution in [0.3, 0.4) is 0 Å². The third kappa shape index (κ3) is 6.79. The van der Waals surface area contributed by atoms with E-state index in [9.17, 15) is 9.18 Å². The number of carbonyl (C=O) groups is 1. The highest BCUT2D eigenvalue weighted by molar-refractivity contribution is 5.94. The highest BCUT2D eigenvalue weighted by Gasteiger charge is 2.12. The molecular formula is C31H34FN3O3. The fourth-order valence-corrected chi connectivity index (χ4v) is 4.46. The van der Waals surface area contributed by atoms with Crippen LogP contribution < -0.4 is 14.8 Å². The van der Waals surface area contributed by atoms with Crippen molar-refractivity contribution in [3.05, 3.63) is 102 Å². The molecule has 7 heteroatoms. The number of para-hydroxylation sites is 2. The molecule has 0 aliphatic rings. The summed E-state index contributed by atoms with van der Waals surface area (Å²) in [5.74, 6) is 1.55. The third-order valence-corrected chi connectivity index (χ3v) is 6.40. The molecule has 198 valence electrons. The van der Waals surface area contributed by atoms with Gasteiger partial charge in [0.2, 0.25) is 0 Å². The Morgan fingerprint density at radius 2 is 1.87 bits per heavy atom. The maximum atomic E-state index is 13.8. The Labute approximate surface area is 223 Å². The van der Waals surface area contributed by atoms with Crippen LogP contribution in [0.15, 0.2) is 79.4 Å². The zero-order valence-electron chi connectivity index (χ0n) is 21.8. The predicted octanol–water partition coefficient (Wildman–Crippen LogP) is 6.13. The van der Waals surface area contributed by atoms with Gasteiger partial charge in [-0.2, -0.15) is 0 Å². The molecule has 0 radical (unpaired) electrons. The molecular weight excluding hydrogens is 481 g/mol. The van der Waals surface area contributed by atoms with Gasteiger partial charge in [-0.25, -0.2) is 9.37 Å². The number of hydrogen-bond donors (Lipinski definition) is 1. The molecule has 1 aromatic heterocycles. The second-order valence-corrected chi connectivity index (χ2v) is 9.04. The van der Waals surface area contributed by atoms with Gasteiger partial charge in [0.05, 0.1) is 30.3 Å². The first kappa shape index (κ1) is 26.9. The van der Waals surface area contributed by atoms with Gasteiger partial charge in [0.15, 0.2) is 11.5 Å². The van der Waals surface area contributed by atoms with Crippen molar-refractivity contribution in [3.63, 3.8) is 0 Å². The van der Waals surface area contributed by atoms with Crippen molar-refractivity contribution in [2.24, 2.45) is 0 Å². The molecule has 0 spiro atoms. The molecule has 4 aromatic rings. The number of allylic oxidation sites excluding steroid dienone is 1. The quantitative estimate of drug-likeness (QED) is 0.162. The molecule has 6 nitrogen and oxygen atoms in total. The molecule has 1 N–H and O–H groups in total. The highest BCUT2D eigenvalue weighted by atomic mass is 19.1. The number of rotatable bonds is 14. The predicted molar refractivity (Wildman–Crippen MR) is 148 cm³/mol. The number of aromatic nitrogens is 2. The summed E-state index contributed by atoms with van der Waals surface area (Å²) in [6.07, 6.45) is 6.12. The Balaban J connectivity index is 1.30.